The minimum Gasteiger partial charge on any atom is -0.337 e. The number of para-hydroxylation sites is 1. The maximum Gasteiger partial charge on any atom is 0.332 e. The van der Waals surface area contributed by atoms with Crippen molar-refractivity contribution in [1.82, 2.24) is 19.3 Å². The Hall–Kier alpha value is -3.00. The van der Waals surface area contributed by atoms with Crippen LogP contribution in [0.1, 0.15) is 24.8 Å². The van der Waals surface area contributed by atoms with Crippen molar-refractivity contribution in [3.05, 3.63) is 79.7 Å². The number of hydrogen-bond acceptors (Lipinski definition) is 5. The molecule has 0 amide bonds. The third-order valence-electron chi connectivity index (χ3n) is 4.84. The molecule has 0 saturated heterocycles. The Bertz CT molecular complexity index is 1320. The summed E-state index contributed by atoms with van der Waals surface area (Å²) in [4.78, 5) is 30.2. The van der Waals surface area contributed by atoms with Gasteiger partial charge in [-0.2, -0.15) is 4.98 Å². The first-order valence-corrected chi connectivity index (χ1v) is 9.74. The highest BCUT2D eigenvalue weighted by molar-refractivity contribution is 9.10. The van der Waals surface area contributed by atoms with Crippen LogP contribution in [0.15, 0.2) is 67.1 Å². The van der Waals surface area contributed by atoms with E-state index in [2.05, 4.69) is 26.1 Å². The molecule has 4 aromatic rings. The molecule has 2 aromatic heterocycles. The monoisotopic (exact) mass is 438 g/mol. The van der Waals surface area contributed by atoms with Gasteiger partial charge in [0.25, 0.3) is 5.56 Å². The molecule has 0 radical (unpaired) electrons. The molecule has 2 aromatic carbocycles. The molecule has 0 bridgehead atoms. The van der Waals surface area contributed by atoms with Crippen molar-refractivity contribution in [1.29, 1.82) is 0 Å². The molecule has 8 heteroatoms. The fraction of sp³-hybridized carbons (Fsp3) is 0.200. The second kappa shape index (κ2) is 6.56. The highest BCUT2D eigenvalue weighted by Crippen LogP contribution is 2.32. The normalized spacial score (nSPS) is 13.9. The van der Waals surface area contributed by atoms with Gasteiger partial charge in [0, 0.05) is 16.1 Å². The first-order chi connectivity index (χ1) is 13.6. The van der Waals surface area contributed by atoms with Crippen LogP contribution >= 0.6 is 15.9 Å². The molecule has 0 atom stereocenters. The van der Waals surface area contributed by atoms with E-state index in [1.807, 2.05) is 24.3 Å². The molecule has 1 fully saturated rings. The summed E-state index contributed by atoms with van der Waals surface area (Å²) < 4.78 is 9.19. The number of aromatic nitrogens is 4. The molecule has 0 spiro atoms. The van der Waals surface area contributed by atoms with Crippen molar-refractivity contribution < 1.29 is 4.52 Å². The molecule has 7 nitrogen and oxygen atoms in total. The number of halogens is 1. The Kier molecular flexibility index (Phi) is 4.01. The lowest BCUT2D eigenvalue weighted by Crippen LogP contribution is -2.39. The largest absolute Gasteiger partial charge is 0.337 e. The Labute approximate surface area is 167 Å². The summed E-state index contributed by atoms with van der Waals surface area (Å²) in [5, 5.41) is 4.54. The second-order valence-corrected chi connectivity index (χ2v) is 7.73. The molecule has 28 heavy (non-hydrogen) atoms. The third kappa shape index (κ3) is 2.90. The standard InChI is InChI=1S/C20H15BrN4O3/c21-13-5-3-4-12(10-13)18-22-17(28-23-18)11-24-16-7-2-1-6-15(16)19(26)25(20(24)27)14-8-9-14/h1-7,10,14H,8-9,11H2. The molecular weight excluding hydrogens is 424 g/mol. The van der Waals surface area contributed by atoms with E-state index in [0.29, 0.717) is 22.6 Å². The first-order valence-electron chi connectivity index (χ1n) is 8.94. The molecule has 2 heterocycles. The van der Waals surface area contributed by atoms with Gasteiger partial charge in [0.2, 0.25) is 11.7 Å². The van der Waals surface area contributed by atoms with Crippen LogP contribution in [0.5, 0.6) is 0 Å². The van der Waals surface area contributed by atoms with E-state index in [0.717, 1.165) is 22.9 Å². The van der Waals surface area contributed by atoms with Gasteiger partial charge in [0.15, 0.2) is 0 Å². The summed E-state index contributed by atoms with van der Waals surface area (Å²) in [5.41, 5.74) is 0.800. The van der Waals surface area contributed by atoms with Crippen LogP contribution < -0.4 is 11.2 Å². The zero-order valence-electron chi connectivity index (χ0n) is 14.7. The number of rotatable bonds is 4. The van der Waals surface area contributed by atoms with Crippen LogP contribution in [0.25, 0.3) is 22.3 Å². The maximum absolute atomic E-state index is 13.0. The lowest BCUT2D eigenvalue weighted by Gasteiger charge is -2.12. The quantitative estimate of drug-likeness (QED) is 0.487. The molecular formula is C20H15BrN4O3. The van der Waals surface area contributed by atoms with Gasteiger partial charge in [-0.15, -0.1) is 0 Å². The van der Waals surface area contributed by atoms with Crippen LogP contribution in [0, 0.1) is 0 Å². The van der Waals surface area contributed by atoms with E-state index < -0.39 is 0 Å². The highest BCUT2D eigenvalue weighted by atomic mass is 79.9. The van der Waals surface area contributed by atoms with E-state index in [9.17, 15) is 9.59 Å². The van der Waals surface area contributed by atoms with Crippen molar-refractivity contribution >= 4 is 26.8 Å². The Balaban J connectivity index is 1.61. The van der Waals surface area contributed by atoms with Gasteiger partial charge >= 0.3 is 5.69 Å². The van der Waals surface area contributed by atoms with Crippen molar-refractivity contribution in [2.45, 2.75) is 25.4 Å². The molecule has 0 aliphatic heterocycles. The molecule has 1 aliphatic carbocycles. The predicted molar refractivity (Wildman–Crippen MR) is 107 cm³/mol. The minimum absolute atomic E-state index is 0.0178. The molecule has 5 rings (SSSR count). The first kappa shape index (κ1) is 17.1. The van der Waals surface area contributed by atoms with Gasteiger partial charge < -0.3 is 4.52 Å². The lowest BCUT2D eigenvalue weighted by atomic mass is 10.2. The van der Waals surface area contributed by atoms with Crippen molar-refractivity contribution in [3.8, 4) is 11.4 Å². The van der Waals surface area contributed by atoms with Gasteiger partial charge in [0.05, 0.1) is 10.9 Å². The fourth-order valence-electron chi connectivity index (χ4n) is 3.35. The van der Waals surface area contributed by atoms with E-state index in [1.165, 1.54) is 9.13 Å². The fourth-order valence-corrected chi connectivity index (χ4v) is 3.75. The SMILES string of the molecule is O=c1c2ccccc2n(Cc2nc(-c3cccc(Br)c3)no2)c(=O)n1C1CC1. The molecule has 1 aliphatic rings. The minimum atomic E-state index is -0.339. The van der Waals surface area contributed by atoms with Crippen molar-refractivity contribution in [3.63, 3.8) is 0 Å². The van der Waals surface area contributed by atoms with Crippen LogP contribution in [0.3, 0.4) is 0 Å². The lowest BCUT2D eigenvalue weighted by molar-refractivity contribution is 0.369. The Morgan fingerprint density at radius 1 is 1.11 bits per heavy atom. The summed E-state index contributed by atoms with van der Waals surface area (Å²) in [7, 11) is 0. The average Bonchev–Trinajstić information content (AvgIpc) is 3.42. The van der Waals surface area contributed by atoms with Gasteiger partial charge in [0.1, 0.15) is 6.54 Å². The van der Waals surface area contributed by atoms with Gasteiger partial charge in [-0.25, -0.2) is 4.79 Å². The van der Waals surface area contributed by atoms with Crippen molar-refractivity contribution in [2.75, 3.05) is 0 Å². The summed E-state index contributed by atoms with van der Waals surface area (Å²) in [5.74, 6) is 0.757. The summed E-state index contributed by atoms with van der Waals surface area (Å²) >= 11 is 3.43. The van der Waals surface area contributed by atoms with Gasteiger partial charge in [-0.05, 0) is 37.1 Å². The highest BCUT2D eigenvalue weighted by Gasteiger charge is 2.29. The summed E-state index contributed by atoms with van der Waals surface area (Å²) in [6.45, 7) is 0.105. The van der Waals surface area contributed by atoms with Gasteiger partial charge in [-0.3, -0.25) is 13.9 Å². The van der Waals surface area contributed by atoms with E-state index >= 15 is 0 Å². The zero-order chi connectivity index (χ0) is 19.3. The molecule has 1 saturated carbocycles. The molecule has 0 unspecified atom stereocenters. The Morgan fingerprint density at radius 3 is 2.71 bits per heavy atom. The zero-order valence-corrected chi connectivity index (χ0v) is 16.3. The van der Waals surface area contributed by atoms with Crippen LogP contribution in [-0.2, 0) is 6.54 Å². The Morgan fingerprint density at radius 2 is 1.93 bits per heavy atom. The number of fused-ring (bicyclic) bond motifs is 1. The van der Waals surface area contributed by atoms with Crippen molar-refractivity contribution in [2.24, 2.45) is 0 Å². The predicted octanol–water partition coefficient (Wildman–Crippen LogP) is 3.36. The number of benzene rings is 2. The van der Waals surface area contributed by atoms with E-state index in [4.69, 9.17) is 4.52 Å². The van der Waals surface area contributed by atoms with Crippen LogP contribution in [0.2, 0.25) is 0 Å². The molecule has 140 valence electrons. The second-order valence-electron chi connectivity index (χ2n) is 6.81. The third-order valence-corrected chi connectivity index (χ3v) is 5.33. The number of nitrogens with zero attached hydrogens (tertiary/aromatic N) is 4. The maximum atomic E-state index is 13.0. The summed E-state index contributed by atoms with van der Waals surface area (Å²) in [6, 6.07) is 14.7. The van der Waals surface area contributed by atoms with Crippen LogP contribution in [0.4, 0.5) is 0 Å². The van der Waals surface area contributed by atoms with E-state index in [-0.39, 0.29) is 23.8 Å². The topological polar surface area (TPSA) is 82.9 Å². The van der Waals surface area contributed by atoms with Crippen LogP contribution in [-0.4, -0.2) is 19.3 Å². The molecule has 0 N–H and O–H groups in total. The van der Waals surface area contributed by atoms with Gasteiger partial charge in [-0.1, -0.05) is 45.4 Å². The smallest absolute Gasteiger partial charge is 0.332 e. The average molecular weight is 439 g/mol. The number of hydrogen-bond donors (Lipinski definition) is 0. The summed E-state index contributed by atoms with van der Waals surface area (Å²) in [6.07, 6.45) is 1.70. The van der Waals surface area contributed by atoms with E-state index in [1.54, 1.807) is 24.3 Å².